The molecule has 0 spiro atoms. The van der Waals surface area contributed by atoms with Crippen LogP contribution in [0.1, 0.15) is 114 Å². The largest absolute Gasteiger partial charge is 0.488 e. The van der Waals surface area contributed by atoms with Gasteiger partial charge in [-0.15, -0.1) is 0 Å². The third-order valence-electron chi connectivity index (χ3n) is 11.7. The number of nitrogens with one attached hydrogen (secondary N) is 1. The molecule has 13 nitrogen and oxygen atoms in total. The first-order valence-corrected chi connectivity index (χ1v) is 24.1. The lowest BCUT2D eigenvalue weighted by Gasteiger charge is -2.42. The highest BCUT2D eigenvalue weighted by atomic mass is 32.1. The Morgan fingerprint density at radius 2 is 1.24 bits per heavy atom. The van der Waals surface area contributed by atoms with Crippen molar-refractivity contribution in [2.24, 2.45) is 15.9 Å². The molecular formula is C54H67N3O10S. The molecule has 68 heavy (non-hydrogen) atoms. The van der Waals surface area contributed by atoms with Crippen LogP contribution in [0.3, 0.4) is 0 Å². The standard InChI is InChI=1S/C54H67N3O10S/c1-49(2,63-35-53(9)31-60-32-53)29-51(5,6)66-41-20-16-38(17-21-41)46(58)62-26-25-37-15-24-44(40(27-37)28-55-57-48-56-43-13-11-12-14-45(43)68-48)65-47(59)39-18-22-42(23-19-39)67-52(7,8)30-50(3,4)64-36-54(10)33-61-34-54/h11-24,27-28H,25-26,29-36H2,1-10H3,(H,56,57)/b55-28+. The van der Waals surface area contributed by atoms with Crippen molar-refractivity contribution in [3.8, 4) is 17.2 Å². The van der Waals surface area contributed by atoms with Crippen molar-refractivity contribution in [2.75, 3.05) is 51.7 Å². The Morgan fingerprint density at radius 1 is 0.706 bits per heavy atom. The summed E-state index contributed by atoms with van der Waals surface area (Å²) in [6, 6.07) is 27.1. The zero-order chi connectivity index (χ0) is 48.8. The number of carbonyl (C=O) groups excluding carboxylic acids is 2. The van der Waals surface area contributed by atoms with E-state index in [2.05, 4.69) is 57.1 Å². The fourth-order valence-corrected chi connectivity index (χ4v) is 9.33. The average molecular weight is 950 g/mol. The zero-order valence-corrected chi connectivity index (χ0v) is 42.0. The van der Waals surface area contributed by atoms with E-state index in [1.807, 2.05) is 64.1 Å². The topological polar surface area (TPSA) is 145 Å². The molecule has 364 valence electrons. The number of thiazole rings is 1. The lowest BCUT2D eigenvalue weighted by molar-refractivity contribution is -0.171. The second-order valence-corrected chi connectivity index (χ2v) is 22.4. The molecule has 14 heteroatoms. The molecule has 0 radical (unpaired) electrons. The molecule has 2 fully saturated rings. The van der Waals surface area contributed by atoms with Crippen molar-refractivity contribution in [3.05, 3.63) is 113 Å². The van der Waals surface area contributed by atoms with Gasteiger partial charge in [-0.1, -0.05) is 43.4 Å². The summed E-state index contributed by atoms with van der Waals surface area (Å²) in [5.41, 5.74) is 4.23. The van der Waals surface area contributed by atoms with Gasteiger partial charge in [0.25, 0.3) is 0 Å². The number of para-hydroxylation sites is 1. The molecule has 0 unspecified atom stereocenters. The Kier molecular flexibility index (Phi) is 15.4. The Morgan fingerprint density at radius 3 is 1.75 bits per heavy atom. The molecule has 5 aromatic rings. The lowest BCUT2D eigenvalue weighted by Crippen LogP contribution is -2.47. The molecule has 0 saturated carbocycles. The second-order valence-electron chi connectivity index (χ2n) is 21.3. The summed E-state index contributed by atoms with van der Waals surface area (Å²) >= 11 is 1.48. The molecule has 7 rings (SSSR count). The lowest BCUT2D eigenvalue weighted by atomic mass is 9.88. The average Bonchev–Trinajstić information content (AvgIpc) is 3.67. The van der Waals surface area contributed by atoms with E-state index in [1.54, 1.807) is 60.8 Å². The number of hydrogen-bond donors (Lipinski definition) is 1. The van der Waals surface area contributed by atoms with Gasteiger partial charge in [0.1, 0.15) is 28.5 Å². The fourth-order valence-electron chi connectivity index (χ4n) is 8.52. The van der Waals surface area contributed by atoms with Crippen LogP contribution in [-0.2, 0) is 30.1 Å². The molecule has 1 N–H and O–H groups in total. The number of carbonyl (C=O) groups is 2. The van der Waals surface area contributed by atoms with Gasteiger partial charge in [0, 0.05) is 35.7 Å². The van der Waals surface area contributed by atoms with Crippen LogP contribution >= 0.6 is 11.3 Å². The van der Waals surface area contributed by atoms with Crippen LogP contribution in [0.25, 0.3) is 10.2 Å². The predicted octanol–water partition coefficient (Wildman–Crippen LogP) is 11.1. The number of ether oxygens (including phenoxy) is 8. The number of nitrogens with zero attached hydrogens (tertiary/aromatic N) is 2. The van der Waals surface area contributed by atoms with Crippen LogP contribution < -0.4 is 19.6 Å². The van der Waals surface area contributed by atoms with E-state index in [9.17, 15) is 9.59 Å². The van der Waals surface area contributed by atoms with E-state index in [-0.39, 0.29) is 17.4 Å². The minimum Gasteiger partial charge on any atom is -0.488 e. The first-order valence-electron chi connectivity index (χ1n) is 23.2. The third kappa shape index (κ3) is 14.3. The zero-order valence-electron chi connectivity index (χ0n) is 41.2. The molecular weight excluding hydrogens is 883 g/mol. The minimum absolute atomic E-state index is 0.0525. The highest BCUT2D eigenvalue weighted by Crippen LogP contribution is 2.35. The van der Waals surface area contributed by atoms with Crippen LogP contribution in [0.5, 0.6) is 17.2 Å². The Hall–Kier alpha value is -5.38. The summed E-state index contributed by atoms with van der Waals surface area (Å²) in [6.07, 6.45) is 3.29. The van der Waals surface area contributed by atoms with Gasteiger partial charge in [0.15, 0.2) is 0 Å². The van der Waals surface area contributed by atoms with Gasteiger partial charge < -0.3 is 37.9 Å². The molecule has 0 amide bonds. The first kappa shape index (κ1) is 50.5. The smallest absolute Gasteiger partial charge is 0.343 e. The van der Waals surface area contributed by atoms with Gasteiger partial charge in [0.05, 0.1) is 85.0 Å². The summed E-state index contributed by atoms with van der Waals surface area (Å²) < 4.78 is 48.8. The van der Waals surface area contributed by atoms with Gasteiger partial charge in [0.2, 0.25) is 5.13 Å². The molecule has 2 saturated heterocycles. The highest BCUT2D eigenvalue weighted by Gasteiger charge is 2.39. The number of rotatable bonds is 23. The molecule has 0 atom stereocenters. The Balaban J connectivity index is 0.950. The van der Waals surface area contributed by atoms with Crippen molar-refractivity contribution in [2.45, 2.75) is 111 Å². The molecule has 1 aromatic heterocycles. The molecule has 3 heterocycles. The maximum Gasteiger partial charge on any atom is 0.343 e. The normalized spacial score (nSPS) is 15.9. The van der Waals surface area contributed by atoms with Crippen LogP contribution in [-0.4, -0.2) is 91.8 Å². The monoisotopic (exact) mass is 949 g/mol. The first-order chi connectivity index (χ1) is 32.1. The van der Waals surface area contributed by atoms with E-state index >= 15 is 0 Å². The van der Waals surface area contributed by atoms with Crippen LogP contribution in [0.15, 0.2) is 96.1 Å². The minimum atomic E-state index is -0.548. The van der Waals surface area contributed by atoms with Crippen LogP contribution in [0, 0.1) is 10.8 Å². The van der Waals surface area contributed by atoms with Crippen LogP contribution in [0.2, 0.25) is 0 Å². The van der Waals surface area contributed by atoms with Crippen LogP contribution in [0.4, 0.5) is 5.13 Å². The number of fused-ring (bicyclic) bond motifs is 1. The fraction of sp³-hybridized carbons (Fsp3) is 0.481. The van der Waals surface area contributed by atoms with Crippen molar-refractivity contribution in [1.82, 2.24) is 4.98 Å². The van der Waals surface area contributed by atoms with Gasteiger partial charge in [-0.25, -0.2) is 14.6 Å². The van der Waals surface area contributed by atoms with Gasteiger partial charge >= 0.3 is 11.9 Å². The molecule has 2 aliphatic rings. The maximum absolute atomic E-state index is 13.6. The van der Waals surface area contributed by atoms with Crippen molar-refractivity contribution in [1.29, 1.82) is 0 Å². The third-order valence-corrected chi connectivity index (χ3v) is 12.6. The Labute approximate surface area is 404 Å². The van der Waals surface area contributed by atoms with Crippen molar-refractivity contribution >= 4 is 44.8 Å². The number of benzene rings is 4. The SMILES string of the molecule is CC1(COC(C)(C)CC(C)(C)Oc2ccc(C(=O)OCCc3ccc(OC(=O)c4ccc(OC(C)(C)CC(C)(C)OCC5(C)COC5)cc4)c(/C=N/Nc4nc5ccccc5s4)c3)cc2)COC1. The van der Waals surface area contributed by atoms with E-state index in [4.69, 9.17) is 37.9 Å². The maximum atomic E-state index is 13.6. The molecule has 4 aromatic carbocycles. The number of hydrazone groups is 1. The number of anilines is 1. The van der Waals surface area contributed by atoms with E-state index in [0.29, 0.717) is 98.0 Å². The number of aromatic nitrogens is 1. The summed E-state index contributed by atoms with van der Waals surface area (Å²) in [7, 11) is 0. The van der Waals surface area contributed by atoms with Crippen molar-refractivity contribution < 1.29 is 47.5 Å². The molecule has 0 aliphatic carbocycles. The summed E-state index contributed by atoms with van der Waals surface area (Å²) in [5.74, 6) is 0.574. The van der Waals surface area contributed by atoms with Crippen molar-refractivity contribution in [3.63, 3.8) is 0 Å². The van der Waals surface area contributed by atoms with E-state index in [0.717, 1.165) is 15.8 Å². The second kappa shape index (κ2) is 20.7. The Bertz CT molecular complexity index is 2510. The number of hydrogen-bond acceptors (Lipinski definition) is 14. The van der Waals surface area contributed by atoms with Gasteiger partial charge in [-0.05, 0) is 134 Å². The predicted molar refractivity (Wildman–Crippen MR) is 266 cm³/mol. The summed E-state index contributed by atoms with van der Waals surface area (Å²) in [4.78, 5) is 31.3. The van der Waals surface area contributed by atoms with E-state index < -0.39 is 34.3 Å². The highest BCUT2D eigenvalue weighted by molar-refractivity contribution is 7.22. The molecule has 0 bridgehead atoms. The quantitative estimate of drug-likeness (QED) is 0.0288. The van der Waals surface area contributed by atoms with E-state index in [1.165, 1.54) is 11.3 Å². The van der Waals surface area contributed by atoms with Gasteiger partial charge in [-0.2, -0.15) is 5.10 Å². The summed E-state index contributed by atoms with van der Waals surface area (Å²) in [5, 5.41) is 5.07. The van der Waals surface area contributed by atoms with Gasteiger partial charge in [-0.3, -0.25) is 5.43 Å². The summed E-state index contributed by atoms with van der Waals surface area (Å²) in [6.45, 7) is 25.0. The molecule has 2 aliphatic heterocycles. The number of esters is 2.